The van der Waals surface area contributed by atoms with E-state index >= 15 is 0 Å². The Kier molecular flexibility index (Phi) is 24.9. The molecule has 542 valence electrons. The molecule has 8 aliphatic rings. The van der Waals surface area contributed by atoms with Gasteiger partial charge in [-0.2, -0.15) is 0 Å². The summed E-state index contributed by atoms with van der Waals surface area (Å²) >= 11 is 1.35. The molecule has 4 bridgehead atoms. The first-order valence-corrected chi connectivity index (χ1v) is 34.0. The van der Waals surface area contributed by atoms with Gasteiger partial charge in [0, 0.05) is 98.4 Å². The fourth-order valence-corrected chi connectivity index (χ4v) is 15.7. The minimum absolute atomic E-state index is 0. The van der Waals surface area contributed by atoms with Crippen LogP contribution in [-0.4, -0.2) is 201 Å². The van der Waals surface area contributed by atoms with Crippen LogP contribution in [-0.2, 0) is 52.5 Å². The third kappa shape index (κ3) is 15.8. The average molecular weight is 1450 g/mol. The third-order valence-corrected chi connectivity index (χ3v) is 21.3. The summed E-state index contributed by atoms with van der Waals surface area (Å²) in [6.45, 7) is 22.7. The minimum atomic E-state index is -1.96. The Labute approximate surface area is 630 Å². The molecular formula is C70H89KN8O21S. The maximum atomic E-state index is 14.7. The number of likely N-dealkylation sites (tertiary alicyclic amines) is 1. The van der Waals surface area contributed by atoms with Crippen molar-refractivity contribution >= 4 is 75.5 Å². The molecule has 4 amide bonds. The first-order chi connectivity index (χ1) is 46.9. The third-order valence-electron chi connectivity index (χ3n) is 19.7. The number of ketones is 1. The topological polar surface area (TPSA) is 432 Å². The zero-order chi connectivity index (χ0) is 73.7. The predicted molar refractivity (Wildman–Crippen MR) is 359 cm³/mol. The van der Waals surface area contributed by atoms with E-state index in [-0.39, 0.29) is 137 Å². The molecule has 8 aliphatic heterocycles. The molecular weight excluding hydrogens is 1360 g/mol. The van der Waals surface area contributed by atoms with Crippen molar-refractivity contribution in [2.75, 3.05) is 38.7 Å². The van der Waals surface area contributed by atoms with Crippen LogP contribution < -0.4 is 88.3 Å². The Bertz CT molecular complexity index is 4030. The van der Waals surface area contributed by atoms with Gasteiger partial charge in [0.15, 0.2) is 17.6 Å². The summed E-state index contributed by atoms with van der Waals surface area (Å²) in [4.78, 5) is 114. The number of phenols is 3. The molecule has 11 N–H and O–H groups in total. The number of nitrogens with zero attached hydrogens (tertiary/aromatic N) is 5. The van der Waals surface area contributed by atoms with Crippen LogP contribution in [0, 0.1) is 36.5 Å². The van der Waals surface area contributed by atoms with Crippen LogP contribution in [0.15, 0.2) is 82.2 Å². The molecule has 3 aromatic carbocycles. The number of β-lactam (4-membered cyclic amide) rings is 2. The van der Waals surface area contributed by atoms with Gasteiger partial charge >= 0.3 is 69.1 Å². The number of ether oxygens (including phenoxy) is 5. The van der Waals surface area contributed by atoms with Gasteiger partial charge in [-0.05, 0) is 63.5 Å². The van der Waals surface area contributed by atoms with Crippen LogP contribution >= 0.6 is 11.8 Å². The molecule has 0 unspecified atom stereocenters. The Balaban J connectivity index is 0.000000261. The van der Waals surface area contributed by atoms with Gasteiger partial charge in [0.05, 0.1) is 59.9 Å². The van der Waals surface area contributed by atoms with Crippen LogP contribution in [0.4, 0.5) is 5.69 Å². The molecule has 31 heteroatoms. The van der Waals surface area contributed by atoms with E-state index in [2.05, 4.69) is 29.4 Å². The number of nitrogens with two attached hydrogens (primary N) is 1. The Morgan fingerprint density at radius 3 is 2.14 bits per heavy atom. The number of nitrogens with one attached hydrogen (secondary N) is 2. The number of amides is 4. The van der Waals surface area contributed by atoms with Crippen LogP contribution in [0.1, 0.15) is 123 Å². The van der Waals surface area contributed by atoms with Gasteiger partial charge in [-0.1, -0.05) is 71.9 Å². The van der Waals surface area contributed by atoms with E-state index in [1.165, 1.54) is 74.2 Å². The number of hydrogen-bond acceptors (Lipinski definition) is 25. The molecule has 0 aliphatic carbocycles. The van der Waals surface area contributed by atoms with Crippen molar-refractivity contribution in [3.8, 4) is 23.0 Å². The van der Waals surface area contributed by atoms with Crippen LogP contribution in [0.2, 0.25) is 0 Å². The maximum Gasteiger partial charge on any atom is 1.00 e. The molecule has 0 saturated carbocycles. The molecule has 11 rings (SSSR count). The summed E-state index contributed by atoms with van der Waals surface area (Å²) in [5.74, 6) is -9.96. The first kappa shape index (κ1) is 79.7. The van der Waals surface area contributed by atoms with Crippen LogP contribution in [0.25, 0.3) is 10.8 Å². The number of fused-ring (bicyclic) bond motifs is 3. The largest absolute Gasteiger partial charge is 1.00 e. The zero-order valence-electron chi connectivity index (χ0n) is 59.0. The van der Waals surface area contributed by atoms with Gasteiger partial charge in [-0.25, -0.2) is 4.79 Å². The van der Waals surface area contributed by atoms with Crippen molar-refractivity contribution in [2.45, 2.75) is 179 Å². The standard InChI is InChI=1S/C46H62N4O11.C16H19N3O5S.C8H9NO5.K/c1-22(2)21-50-18-16-46(17-19-50)48-34-31-32-39(54)28(8)42-33(31)43(56)45(10,61-42)59-20-15-30(58-11)25(5)41(60-29(9)51)27(7)38(53)26(6)37(52)23(3)13-12-14-24(4)44(57)47-36(40(32)55)35(34)49-46;1-16(2)11(15(23)24)19-13(22)10(14(19)25-16)18-12(21)9(17)7-3-5-8(20)6-4-7;10-2-1-4-7(8(12)13)9-5(11)3-6(9)14-4;/h12-15,20,22-23,25-27,30,37-38,41,52-55H,16-19,21H2,1-11H3,(H,47,57);3-6,9-11,14,20H,17H2,1-2H3,(H,18,21)(H,23,24);1,6-7,10H,2-3H2,(H,12,13);/q;;;+1/p-1/b13-12+,20-15+,24-14-;;4-1-;/t23-,25+,26+,27+,30-,37-,38+,41+,45-;9-,10-,11+,14-;6-,7-;/m011./s1. The predicted octanol–water partition coefficient (Wildman–Crippen LogP) is -0.653. The Morgan fingerprint density at radius 2 is 1.55 bits per heavy atom. The van der Waals surface area contributed by atoms with Gasteiger partial charge in [-0.3, -0.25) is 43.7 Å². The number of rotatable bonds is 10. The Morgan fingerprint density at radius 1 is 0.911 bits per heavy atom. The fraction of sp³-hybridized carbons (Fsp3) is 0.543. The van der Waals surface area contributed by atoms with E-state index in [1.54, 1.807) is 79.7 Å². The van der Waals surface area contributed by atoms with Crippen LogP contribution in [0.3, 0.4) is 0 Å². The first-order valence-electron chi connectivity index (χ1n) is 33.1. The number of thioether (sulfide) groups is 1. The molecule has 5 fully saturated rings. The molecule has 101 heavy (non-hydrogen) atoms. The van der Waals surface area contributed by atoms with E-state index in [9.17, 15) is 74.1 Å². The van der Waals surface area contributed by atoms with E-state index in [4.69, 9.17) is 44.5 Å². The minimum Gasteiger partial charge on any atom is -0.547 e. The van der Waals surface area contributed by atoms with E-state index in [0.29, 0.717) is 37.4 Å². The van der Waals surface area contributed by atoms with E-state index in [0.717, 1.165) is 11.4 Å². The smallest absolute Gasteiger partial charge is 0.547 e. The number of allylic oxidation sites excluding steroid dienone is 2. The molecule has 3 aromatic rings. The quantitative estimate of drug-likeness (QED) is 0.0522. The molecule has 29 nitrogen and oxygen atoms in total. The molecule has 0 aromatic heterocycles. The molecule has 1 spiro atoms. The van der Waals surface area contributed by atoms with Crippen molar-refractivity contribution in [1.82, 2.24) is 20.0 Å². The van der Waals surface area contributed by atoms with Gasteiger partial charge in [-0.15, -0.1) is 11.8 Å². The molecule has 15 atom stereocenters. The maximum absolute atomic E-state index is 14.7. The molecule has 5 saturated heterocycles. The number of aliphatic hydroxyl groups is 3. The monoisotopic (exact) mass is 1450 g/mol. The van der Waals surface area contributed by atoms with Crippen molar-refractivity contribution in [2.24, 2.45) is 45.3 Å². The number of carbonyl (C=O) groups is 8. The Hall–Kier alpha value is -7.01. The van der Waals surface area contributed by atoms with Crippen molar-refractivity contribution < 1.29 is 154 Å². The van der Waals surface area contributed by atoms with E-state index in [1.807, 2.05) is 0 Å². The van der Waals surface area contributed by atoms with Crippen molar-refractivity contribution in [3.63, 3.8) is 0 Å². The SMILES string of the molecule is CC1(C)S[C@@H]2[C@H](NC(=O)[C@H](N)c3ccc(O)cc3)C(=O)N2[C@H]1C(=O)O.CO[C@H]1/C=C/O[C@@]2(C)Oc3c(C)c(O)c4c(O)c(c5c(c4c3C2=O)=NC2(CCN(CC(C)C)CC2)N=5)NC(=O)/C(C)=C\C=C\[C@H](C)[C@H](O)[C@@H](C)[C@@H](O)[C@@H](C)[C@H](OC(C)=O)[C@@H]1C.O=C([O-])[C@H]1/C(=C/CO)O[C@@H]2CC(=O)N21.[K+]. The number of aliphatic hydroxyl groups excluding tert-OH is 3. The number of hydrogen-bond donors (Lipinski definition) is 10. The number of aromatic hydroxyl groups is 3. The summed E-state index contributed by atoms with van der Waals surface area (Å²) in [5.41, 5.74) is 5.84. The number of piperidine rings is 1. The van der Waals surface area contributed by atoms with Crippen molar-refractivity contribution in [1.29, 1.82) is 0 Å². The molecule has 8 heterocycles. The van der Waals surface area contributed by atoms with E-state index < -0.39 is 147 Å². The number of Topliss-reactive ketones (excluding diaryl/α,β-unsaturated/α-hetero) is 1. The van der Waals surface area contributed by atoms with Gasteiger partial charge < -0.3 is 95.5 Å². The number of phenolic OH excluding ortho intramolecular Hbond substituents is 3. The van der Waals surface area contributed by atoms with Gasteiger partial charge in [0.25, 0.3) is 11.7 Å². The second-order valence-electron chi connectivity index (χ2n) is 27.7. The number of carboxylic acid groups (broad SMARTS) is 2. The number of carbonyl (C=O) groups excluding carboxylic acids is 7. The van der Waals surface area contributed by atoms with Crippen LogP contribution in [0.5, 0.6) is 23.0 Å². The number of benzene rings is 3. The number of anilines is 1. The normalized spacial score (nSPS) is 31.2. The zero-order valence-corrected chi connectivity index (χ0v) is 62.9. The second kappa shape index (κ2) is 31.5. The number of esters is 1. The second-order valence-corrected chi connectivity index (χ2v) is 29.5. The number of methoxy groups -OCH3 is 1. The summed E-state index contributed by atoms with van der Waals surface area (Å²) in [7, 11) is 1.47. The average Bonchev–Trinajstić information content (AvgIpc) is 1.58. The number of carboxylic acids is 2. The van der Waals surface area contributed by atoms with Gasteiger partial charge in [0.2, 0.25) is 17.7 Å². The summed E-state index contributed by atoms with van der Waals surface area (Å²) < 4.78 is 28.5. The summed E-state index contributed by atoms with van der Waals surface area (Å²) in [6, 6.07) is 2.03. The summed E-state index contributed by atoms with van der Waals surface area (Å²) in [5, 5.41) is 90.4. The van der Waals surface area contributed by atoms with Gasteiger partial charge in [0.1, 0.15) is 69.7 Å². The fourth-order valence-electron chi connectivity index (χ4n) is 14.1. The summed E-state index contributed by atoms with van der Waals surface area (Å²) in [6.07, 6.45) is 5.95. The molecule has 0 radical (unpaired) electrons. The number of aliphatic carboxylic acids is 2. The van der Waals surface area contributed by atoms with Crippen molar-refractivity contribution in [3.05, 3.63) is 99.6 Å².